The van der Waals surface area contributed by atoms with E-state index in [1.54, 1.807) is 0 Å². The smallest absolute Gasteiger partial charge is 0.241 e. The molecular weight excluding hydrogens is 300 g/mol. The zero-order valence-electron chi connectivity index (χ0n) is 13.9. The average molecular weight is 324 g/mol. The number of para-hydroxylation sites is 1. The monoisotopic (exact) mass is 324 g/mol. The van der Waals surface area contributed by atoms with Crippen LogP contribution in [-0.2, 0) is 11.2 Å². The molecule has 1 fully saturated rings. The van der Waals surface area contributed by atoms with Crippen molar-refractivity contribution in [3.63, 3.8) is 0 Å². The molecule has 0 aliphatic carbocycles. The normalized spacial score (nSPS) is 15.2. The molecule has 1 amide bonds. The zero-order valence-corrected chi connectivity index (χ0v) is 13.9. The van der Waals surface area contributed by atoms with Crippen LogP contribution in [0.4, 0.5) is 5.69 Å². The first-order chi connectivity index (χ1) is 11.8. The Hall–Kier alpha value is -2.40. The van der Waals surface area contributed by atoms with Crippen LogP contribution in [0.15, 0.2) is 54.9 Å². The molecular formula is C19H24N4O. The van der Waals surface area contributed by atoms with E-state index < -0.39 is 0 Å². The standard InChI is InChI=1S/C19H24N4O/c24-19(16-21-18-4-2-1-3-5-18)23-14-12-22(13-15-23)11-8-17-6-9-20-10-7-17/h1-7,9-10,21H,8,11-16H2. The third kappa shape index (κ3) is 4.80. The van der Waals surface area contributed by atoms with Crippen LogP contribution in [0.1, 0.15) is 5.56 Å². The van der Waals surface area contributed by atoms with Gasteiger partial charge < -0.3 is 10.2 Å². The largest absolute Gasteiger partial charge is 0.376 e. The number of aromatic nitrogens is 1. The van der Waals surface area contributed by atoms with Crippen LogP contribution < -0.4 is 5.32 Å². The summed E-state index contributed by atoms with van der Waals surface area (Å²) in [6.45, 7) is 4.91. The Balaban J connectivity index is 1.37. The minimum atomic E-state index is 0.174. The average Bonchev–Trinajstić information content (AvgIpc) is 2.66. The first-order valence-electron chi connectivity index (χ1n) is 8.49. The number of nitrogens with zero attached hydrogens (tertiary/aromatic N) is 3. The summed E-state index contributed by atoms with van der Waals surface area (Å²) in [4.78, 5) is 20.7. The van der Waals surface area contributed by atoms with Crippen molar-refractivity contribution in [2.75, 3.05) is 44.6 Å². The summed E-state index contributed by atoms with van der Waals surface area (Å²) in [7, 11) is 0. The molecule has 126 valence electrons. The SMILES string of the molecule is O=C(CNc1ccccc1)N1CCN(CCc2ccncc2)CC1. The second-order valence-electron chi connectivity index (χ2n) is 6.05. The van der Waals surface area contributed by atoms with Crippen molar-refractivity contribution in [3.8, 4) is 0 Å². The molecule has 1 N–H and O–H groups in total. The highest BCUT2D eigenvalue weighted by atomic mass is 16.2. The van der Waals surface area contributed by atoms with Gasteiger partial charge in [-0.25, -0.2) is 0 Å². The highest BCUT2D eigenvalue weighted by Gasteiger charge is 2.20. The molecule has 5 heteroatoms. The zero-order chi connectivity index (χ0) is 16.6. The Morgan fingerprint density at radius 2 is 1.71 bits per heavy atom. The number of hydrogen-bond acceptors (Lipinski definition) is 4. The predicted molar refractivity (Wildman–Crippen MR) is 95.9 cm³/mol. The van der Waals surface area contributed by atoms with Gasteiger partial charge in [-0.1, -0.05) is 18.2 Å². The van der Waals surface area contributed by atoms with E-state index in [0.717, 1.165) is 44.8 Å². The summed E-state index contributed by atoms with van der Waals surface area (Å²) in [6.07, 6.45) is 4.71. The lowest BCUT2D eigenvalue weighted by Crippen LogP contribution is -2.50. The minimum Gasteiger partial charge on any atom is -0.376 e. The van der Waals surface area contributed by atoms with Crippen LogP contribution in [-0.4, -0.2) is 60.0 Å². The molecule has 5 nitrogen and oxygen atoms in total. The van der Waals surface area contributed by atoms with Crippen molar-refractivity contribution in [2.45, 2.75) is 6.42 Å². The molecule has 0 unspecified atom stereocenters. The van der Waals surface area contributed by atoms with Gasteiger partial charge in [-0.3, -0.25) is 14.7 Å². The van der Waals surface area contributed by atoms with E-state index in [4.69, 9.17) is 0 Å². The van der Waals surface area contributed by atoms with Gasteiger partial charge in [-0.05, 0) is 36.2 Å². The maximum atomic E-state index is 12.3. The van der Waals surface area contributed by atoms with Gasteiger partial charge >= 0.3 is 0 Å². The number of nitrogens with one attached hydrogen (secondary N) is 1. The van der Waals surface area contributed by atoms with E-state index in [9.17, 15) is 4.79 Å². The van der Waals surface area contributed by atoms with Gasteiger partial charge in [-0.2, -0.15) is 0 Å². The van der Waals surface area contributed by atoms with Crippen molar-refractivity contribution in [3.05, 3.63) is 60.4 Å². The number of benzene rings is 1. The third-order valence-electron chi connectivity index (χ3n) is 4.41. The quantitative estimate of drug-likeness (QED) is 0.881. The molecule has 1 saturated heterocycles. The van der Waals surface area contributed by atoms with Crippen LogP contribution in [0.25, 0.3) is 0 Å². The summed E-state index contributed by atoms with van der Waals surface area (Å²) in [5, 5.41) is 3.19. The van der Waals surface area contributed by atoms with E-state index in [0.29, 0.717) is 6.54 Å². The first kappa shape index (κ1) is 16.5. The number of rotatable bonds is 6. The van der Waals surface area contributed by atoms with Crippen LogP contribution in [0.2, 0.25) is 0 Å². The Kier molecular flexibility index (Phi) is 5.80. The predicted octanol–water partition coefficient (Wildman–Crippen LogP) is 1.88. The summed E-state index contributed by atoms with van der Waals surface area (Å²) in [6, 6.07) is 14.0. The van der Waals surface area contributed by atoms with Crippen LogP contribution in [0, 0.1) is 0 Å². The number of anilines is 1. The van der Waals surface area contributed by atoms with Gasteiger partial charge in [0.15, 0.2) is 0 Å². The minimum absolute atomic E-state index is 0.174. The molecule has 3 rings (SSSR count). The Labute approximate surface area is 143 Å². The van der Waals surface area contributed by atoms with Crippen LogP contribution in [0.5, 0.6) is 0 Å². The van der Waals surface area contributed by atoms with E-state index in [2.05, 4.69) is 27.3 Å². The summed E-state index contributed by atoms with van der Waals surface area (Å²) >= 11 is 0. The molecule has 0 spiro atoms. The Bertz CT molecular complexity index is 624. The van der Waals surface area contributed by atoms with Crippen molar-refractivity contribution >= 4 is 11.6 Å². The van der Waals surface area contributed by atoms with Crippen molar-refractivity contribution < 1.29 is 4.79 Å². The maximum Gasteiger partial charge on any atom is 0.241 e. The number of pyridine rings is 1. The molecule has 1 aliphatic rings. The number of hydrogen-bond donors (Lipinski definition) is 1. The molecule has 1 aromatic heterocycles. The Morgan fingerprint density at radius 3 is 2.42 bits per heavy atom. The molecule has 1 aliphatic heterocycles. The van der Waals surface area contributed by atoms with Gasteiger partial charge in [0.05, 0.1) is 6.54 Å². The number of carbonyl (C=O) groups excluding carboxylic acids is 1. The lowest BCUT2D eigenvalue weighted by atomic mass is 10.2. The van der Waals surface area contributed by atoms with Crippen LogP contribution >= 0.6 is 0 Å². The van der Waals surface area contributed by atoms with Gasteiger partial charge in [0.1, 0.15) is 0 Å². The fourth-order valence-corrected chi connectivity index (χ4v) is 2.90. The molecule has 24 heavy (non-hydrogen) atoms. The lowest BCUT2D eigenvalue weighted by Gasteiger charge is -2.34. The van der Waals surface area contributed by atoms with E-state index in [1.807, 2.05) is 47.6 Å². The fourth-order valence-electron chi connectivity index (χ4n) is 2.90. The molecule has 0 saturated carbocycles. The van der Waals surface area contributed by atoms with E-state index >= 15 is 0 Å². The summed E-state index contributed by atoms with van der Waals surface area (Å²) in [5.41, 5.74) is 2.30. The van der Waals surface area contributed by atoms with Crippen molar-refractivity contribution in [1.82, 2.24) is 14.8 Å². The molecule has 2 heterocycles. The molecule has 0 atom stereocenters. The van der Waals surface area contributed by atoms with E-state index in [1.165, 1.54) is 5.56 Å². The Morgan fingerprint density at radius 1 is 1.00 bits per heavy atom. The first-order valence-corrected chi connectivity index (χ1v) is 8.49. The van der Waals surface area contributed by atoms with Crippen molar-refractivity contribution in [1.29, 1.82) is 0 Å². The van der Waals surface area contributed by atoms with Gasteiger partial charge in [0.2, 0.25) is 5.91 Å². The molecule has 2 aromatic rings. The molecule has 1 aromatic carbocycles. The molecule has 0 bridgehead atoms. The maximum absolute atomic E-state index is 12.3. The number of piperazine rings is 1. The number of amides is 1. The van der Waals surface area contributed by atoms with E-state index in [-0.39, 0.29) is 5.91 Å². The van der Waals surface area contributed by atoms with Crippen molar-refractivity contribution in [2.24, 2.45) is 0 Å². The third-order valence-corrected chi connectivity index (χ3v) is 4.41. The lowest BCUT2D eigenvalue weighted by molar-refractivity contribution is -0.131. The van der Waals surface area contributed by atoms with Gasteiger partial charge in [-0.15, -0.1) is 0 Å². The van der Waals surface area contributed by atoms with Crippen LogP contribution in [0.3, 0.4) is 0 Å². The van der Waals surface area contributed by atoms with Gasteiger partial charge in [0, 0.05) is 50.8 Å². The summed E-state index contributed by atoms with van der Waals surface area (Å²) < 4.78 is 0. The molecule has 0 radical (unpaired) electrons. The number of carbonyl (C=O) groups is 1. The summed E-state index contributed by atoms with van der Waals surface area (Å²) in [5.74, 6) is 0.174. The highest BCUT2D eigenvalue weighted by molar-refractivity contribution is 5.81. The van der Waals surface area contributed by atoms with Gasteiger partial charge in [0.25, 0.3) is 0 Å². The fraction of sp³-hybridized carbons (Fsp3) is 0.368. The second kappa shape index (κ2) is 8.45. The second-order valence-corrected chi connectivity index (χ2v) is 6.05. The highest BCUT2D eigenvalue weighted by Crippen LogP contribution is 2.07. The topological polar surface area (TPSA) is 48.5 Å².